The molecule has 2 rings (SSSR count). The van der Waals surface area contributed by atoms with Crippen molar-refractivity contribution in [2.24, 2.45) is 0 Å². The molecule has 0 saturated heterocycles. The van der Waals surface area contributed by atoms with Crippen LogP contribution >= 0.6 is 27.5 Å². The van der Waals surface area contributed by atoms with Crippen LogP contribution in [0.3, 0.4) is 0 Å². The Morgan fingerprint density at radius 3 is 2.86 bits per heavy atom. The van der Waals surface area contributed by atoms with Crippen molar-refractivity contribution in [1.82, 2.24) is 9.97 Å². The molecule has 0 aliphatic heterocycles. The number of nitrogens with zero attached hydrogens (tertiary/aromatic N) is 2. The van der Waals surface area contributed by atoms with Gasteiger partial charge in [0, 0.05) is 4.47 Å². The monoisotopic (exact) mass is 272 g/mol. The van der Waals surface area contributed by atoms with E-state index < -0.39 is 0 Å². The average molecular weight is 274 g/mol. The van der Waals surface area contributed by atoms with Crippen molar-refractivity contribution in [2.45, 2.75) is 0 Å². The molecule has 0 atom stereocenters. The topological polar surface area (TPSA) is 35.0 Å². The molecule has 0 spiro atoms. The number of rotatable bonds is 1. The van der Waals surface area contributed by atoms with Crippen LogP contribution in [0.25, 0.3) is 10.9 Å². The van der Waals surface area contributed by atoms with Gasteiger partial charge in [0.2, 0.25) is 0 Å². The van der Waals surface area contributed by atoms with Gasteiger partial charge in [-0.3, -0.25) is 0 Å². The molecule has 0 amide bonds. The van der Waals surface area contributed by atoms with Crippen LogP contribution in [0.15, 0.2) is 22.9 Å². The number of hydrogen-bond acceptors (Lipinski definition) is 3. The highest BCUT2D eigenvalue weighted by Crippen LogP contribution is 2.33. The first-order valence-electron chi connectivity index (χ1n) is 3.86. The summed E-state index contributed by atoms with van der Waals surface area (Å²) < 4.78 is 6.05. The Morgan fingerprint density at radius 2 is 2.14 bits per heavy atom. The lowest BCUT2D eigenvalue weighted by atomic mass is 10.2. The maximum absolute atomic E-state index is 5.96. The summed E-state index contributed by atoms with van der Waals surface area (Å²) in [5, 5.41) is 1.12. The predicted octanol–water partition coefficient (Wildman–Crippen LogP) is 3.05. The average Bonchev–Trinajstić information content (AvgIpc) is 2.20. The van der Waals surface area contributed by atoms with E-state index in [1.165, 1.54) is 6.33 Å². The van der Waals surface area contributed by atoms with E-state index in [1.54, 1.807) is 7.11 Å². The molecular formula is C9H6BrClN2O. The molecule has 0 fully saturated rings. The fourth-order valence-corrected chi connectivity index (χ4v) is 1.90. The molecule has 1 aromatic heterocycles. The van der Waals surface area contributed by atoms with Gasteiger partial charge in [-0.25, -0.2) is 9.97 Å². The molecule has 14 heavy (non-hydrogen) atoms. The second-order valence-corrected chi connectivity index (χ2v) is 3.85. The highest BCUT2D eigenvalue weighted by atomic mass is 79.9. The molecule has 0 aliphatic rings. The fraction of sp³-hybridized carbons (Fsp3) is 0.111. The van der Waals surface area contributed by atoms with E-state index in [-0.39, 0.29) is 0 Å². The number of ether oxygens (including phenoxy) is 1. The van der Waals surface area contributed by atoms with Gasteiger partial charge in [-0.2, -0.15) is 0 Å². The van der Waals surface area contributed by atoms with Crippen LogP contribution in [0.1, 0.15) is 0 Å². The summed E-state index contributed by atoms with van der Waals surface area (Å²) in [6, 6.07) is 3.69. The standard InChI is InChI=1S/C9H6BrClN2O/c1-14-6-3-2-5(10)8-7(6)9(11)13-4-12-8/h2-4H,1H3. The van der Waals surface area contributed by atoms with Crippen LogP contribution < -0.4 is 4.74 Å². The van der Waals surface area contributed by atoms with Crippen LogP contribution in [0.5, 0.6) is 5.75 Å². The van der Waals surface area contributed by atoms with Crippen molar-refractivity contribution in [1.29, 1.82) is 0 Å². The zero-order valence-electron chi connectivity index (χ0n) is 7.29. The quantitative estimate of drug-likeness (QED) is 0.749. The number of benzene rings is 1. The molecule has 0 N–H and O–H groups in total. The number of halogens is 2. The van der Waals surface area contributed by atoms with Crippen molar-refractivity contribution >= 4 is 38.4 Å². The Morgan fingerprint density at radius 1 is 1.36 bits per heavy atom. The van der Waals surface area contributed by atoms with E-state index in [0.29, 0.717) is 10.9 Å². The molecular weight excluding hydrogens is 267 g/mol. The Hall–Kier alpha value is -0.870. The van der Waals surface area contributed by atoms with Gasteiger partial charge in [-0.15, -0.1) is 0 Å². The molecule has 0 saturated carbocycles. The summed E-state index contributed by atoms with van der Waals surface area (Å²) in [5.74, 6) is 0.675. The summed E-state index contributed by atoms with van der Waals surface area (Å²) in [5.41, 5.74) is 0.754. The molecule has 0 radical (unpaired) electrons. The third-order valence-electron chi connectivity index (χ3n) is 1.87. The fourth-order valence-electron chi connectivity index (χ4n) is 1.24. The van der Waals surface area contributed by atoms with Gasteiger partial charge in [0.1, 0.15) is 17.2 Å². The lowest BCUT2D eigenvalue weighted by Crippen LogP contribution is -1.90. The second-order valence-electron chi connectivity index (χ2n) is 2.64. The van der Waals surface area contributed by atoms with Crippen LogP contribution in [0, 0.1) is 0 Å². The van der Waals surface area contributed by atoms with Crippen molar-refractivity contribution in [3.63, 3.8) is 0 Å². The molecule has 0 aliphatic carbocycles. The third-order valence-corrected chi connectivity index (χ3v) is 2.80. The molecule has 3 nitrogen and oxygen atoms in total. The molecule has 72 valence electrons. The van der Waals surface area contributed by atoms with Gasteiger partial charge in [0.15, 0.2) is 0 Å². The number of aromatic nitrogens is 2. The Balaban J connectivity index is 2.92. The largest absolute Gasteiger partial charge is 0.496 e. The van der Waals surface area contributed by atoms with E-state index in [0.717, 1.165) is 15.4 Å². The number of methoxy groups -OCH3 is 1. The van der Waals surface area contributed by atoms with Crippen molar-refractivity contribution < 1.29 is 4.74 Å². The molecule has 1 heterocycles. The minimum atomic E-state index is 0.396. The van der Waals surface area contributed by atoms with Gasteiger partial charge in [-0.05, 0) is 28.1 Å². The van der Waals surface area contributed by atoms with E-state index >= 15 is 0 Å². The summed E-state index contributed by atoms with van der Waals surface area (Å²) >= 11 is 9.35. The van der Waals surface area contributed by atoms with Gasteiger partial charge in [0.25, 0.3) is 0 Å². The van der Waals surface area contributed by atoms with Gasteiger partial charge < -0.3 is 4.74 Å². The molecule has 0 bridgehead atoms. The maximum atomic E-state index is 5.96. The highest BCUT2D eigenvalue weighted by molar-refractivity contribution is 9.10. The predicted molar refractivity (Wildman–Crippen MR) is 58.8 cm³/mol. The molecule has 2 aromatic rings. The van der Waals surface area contributed by atoms with Crippen LogP contribution in [0.4, 0.5) is 0 Å². The van der Waals surface area contributed by atoms with E-state index in [4.69, 9.17) is 16.3 Å². The summed E-state index contributed by atoms with van der Waals surface area (Å²) in [6.45, 7) is 0. The number of fused-ring (bicyclic) bond motifs is 1. The first kappa shape index (κ1) is 9.68. The third kappa shape index (κ3) is 1.44. The van der Waals surface area contributed by atoms with Crippen LogP contribution in [0.2, 0.25) is 5.15 Å². The zero-order valence-corrected chi connectivity index (χ0v) is 9.63. The van der Waals surface area contributed by atoms with Crippen molar-refractivity contribution in [3.05, 3.63) is 28.1 Å². The highest BCUT2D eigenvalue weighted by Gasteiger charge is 2.10. The van der Waals surface area contributed by atoms with Gasteiger partial charge >= 0.3 is 0 Å². The Bertz CT molecular complexity index is 489. The minimum Gasteiger partial charge on any atom is -0.496 e. The lowest BCUT2D eigenvalue weighted by Gasteiger charge is -2.06. The molecule has 1 aromatic carbocycles. The van der Waals surface area contributed by atoms with Crippen LogP contribution in [-0.2, 0) is 0 Å². The maximum Gasteiger partial charge on any atom is 0.144 e. The first-order valence-corrected chi connectivity index (χ1v) is 5.04. The summed E-state index contributed by atoms with van der Waals surface area (Å²) in [4.78, 5) is 8.04. The zero-order chi connectivity index (χ0) is 10.1. The van der Waals surface area contributed by atoms with Crippen LogP contribution in [-0.4, -0.2) is 17.1 Å². The molecule has 0 unspecified atom stereocenters. The Kier molecular flexibility index (Phi) is 2.56. The van der Waals surface area contributed by atoms with E-state index in [2.05, 4.69) is 25.9 Å². The van der Waals surface area contributed by atoms with Crippen molar-refractivity contribution in [2.75, 3.05) is 7.11 Å². The van der Waals surface area contributed by atoms with Crippen molar-refractivity contribution in [3.8, 4) is 5.75 Å². The Labute approximate surface area is 94.2 Å². The van der Waals surface area contributed by atoms with Gasteiger partial charge in [0.05, 0.1) is 18.0 Å². The minimum absolute atomic E-state index is 0.396. The smallest absolute Gasteiger partial charge is 0.144 e. The van der Waals surface area contributed by atoms with E-state index in [1.807, 2.05) is 12.1 Å². The normalized spacial score (nSPS) is 10.5. The van der Waals surface area contributed by atoms with E-state index in [9.17, 15) is 0 Å². The summed E-state index contributed by atoms with van der Waals surface area (Å²) in [6.07, 6.45) is 1.43. The molecule has 5 heteroatoms. The number of hydrogen-bond donors (Lipinski definition) is 0. The lowest BCUT2D eigenvalue weighted by molar-refractivity contribution is 0.419. The van der Waals surface area contributed by atoms with Gasteiger partial charge in [-0.1, -0.05) is 11.6 Å². The summed E-state index contributed by atoms with van der Waals surface area (Å²) in [7, 11) is 1.59. The SMILES string of the molecule is COc1ccc(Br)c2ncnc(Cl)c12. The second kappa shape index (κ2) is 3.71. The first-order chi connectivity index (χ1) is 6.74.